The molecule has 33 heavy (non-hydrogen) atoms. The number of benzene rings is 2. The molecule has 0 spiro atoms. The van der Waals surface area contributed by atoms with E-state index in [-0.39, 0.29) is 29.4 Å². The quantitative estimate of drug-likeness (QED) is 0.614. The van der Waals surface area contributed by atoms with E-state index in [1.54, 1.807) is 4.90 Å². The Morgan fingerprint density at radius 1 is 1.06 bits per heavy atom. The number of rotatable bonds is 5. The number of aromatic nitrogens is 2. The largest absolute Gasteiger partial charge is 0.449 e. The lowest BCUT2D eigenvalue weighted by atomic mass is 10.1. The fourth-order valence-electron chi connectivity index (χ4n) is 3.77. The maximum Gasteiger partial charge on any atom is 0.449 e. The van der Waals surface area contributed by atoms with Gasteiger partial charge in [-0.25, -0.2) is 4.98 Å². The highest BCUT2D eigenvalue weighted by Crippen LogP contribution is 2.29. The van der Waals surface area contributed by atoms with E-state index in [1.807, 2.05) is 36.1 Å². The minimum atomic E-state index is -4.56. The number of nitrogens with one attached hydrogen (secondary N) is 2. The first-order valence-corrected chi connectivity index (χ1v) is 10.6. The van der Waals surface area contributed by atoms with Crippen LogP contribution in [-0.2, 0) is 22.2 Å². The Morgan fingerprint density at radius 2 is 1.76 bits per heavy atom. The van der Waals surface area contributed by atoms with Crippen LogP contribution in [-0.4, -0.2) is 64.3 Å². The van der Waals surface area contributed by atoms with Crippen molar-refractivity contribution in [3.05, 3.63) is 59.4 Å². The average molecular weight is 459 g/mol. The van der Waals surface area contributed by atoms with Crippen LogP contribution in [0.4, 0.5) is 18.9 Å². The van der Waals surface area contributed by atoms with Crippen molar-refractivity contribution >= 4 is 28.5 Å². The molecular formula is C23H24F3N5O2. The first-order chi connectivity index (χ1) is 15.7. The normalized spacial score (nSPS) is 15.1. The fourth-order valence-corrected chi connectivity index (χ4v) is 3.77. The number of nitrogens with zero attached hydrogens (tertiary/aromatic N) is 3. The number of carbonyl (C=O) groups excluding carboxylic acids is 2. The Balaban J connectivity index is 1.27. The van der Waals surface area contributed by atoms with Crippen molar-refractivity contribution in [1.29, 1.82) is 0 Å². The third-order valence-corrected chi connectivity index (χ3v) is 5.60. The van der Waals surface area contributed by atoms with E-state index in [0.29, 0.717) is 38.3 Å². The van der Waals surface area contributed by atoms with Gasteiger partial charge in [0, 0.05) is 31.9 Å². The molecule has 2 amide bonds. The fraction of sp³-hybridized carbons (Fsp3) is 0.348. The van der Waals surface area contributed by atoms with Crippen LogP contribution >= 0.6 is 0 Å². The Hall–Kier alpha value is -3.40. The molecule has 0 radical (unpaired) electrons. The van der Waals surface area contributed by atoms with Gasteiger partial charge < -0.3 is 15.2 Å². The predicted molar refractivity (Wildman–Crippen MR) is 118 cm³/mol. The molecule has 1 aliphatic rings. The lowest BCUT2D eigenvalue weighted by Gasteiger charge is -2.34. The zero-order valence-electron chi connectivity index (χ0n) is 18.1. The van der Waals surface area contributed by atoms with Crippen LogP contribution < -0.4 is 5.32 Å². The minimum Gasteiger partial charge on any atom is -0.340 e. The molecule has 0 aliphatic carbocycles. The van der Waals surface area contributed by atoms with Gasteiger partial charge in [-0.2, -0.15) is 13.2 Å². The predicted octanol–water partition coefficient (Wildman–Crippen LogP) is 3.22. The molecule has 174 valence electrons. The topological polar surface area (TPSA) is 81.3 Å². The van der Waals surface area contributed by atoms with Gasteiger partial charge in [-0.3, -0.25) is 14.5 Å². The SMILES string of the molecule is Cc1ccc(CC(=O)N2CCN(CC(=O)Nc3ccc4nc(C(F)(F)F)[nH]c4c3)CC2)cc1. The molecule has 2 aromatic carbocycles. The second-order valence-corrected chi connectivity index (χ2v) is 8.18. The molecule has 0 unspecified atom stereocenters. The van der Waals surface area contributed by atoms with E-state index in [9.17, 15) is 22.8 Å². The summed E-state index contributed by atoms with van der Waals surface area (Å²) in [5.41, 5.74) is 2.88. The number of aryl methyl sites for hydroxylation is 1. The van der Waals surface area contributed by atoms with Crippen LogP contribution in [0.25, 0.3) is 11.0 Å². The second-order valence-electron chi connectivity index (χ2n) is 8.18. The van der Waals surface area contributed by atoms with Crippen LogP contribution in [0, 0.1) is 6.92 Å². The van der Waals surface area contributed by atoms with E-state index in [4.69, 9.17) is 0 Å². The average Bonchev–Trinajstić information content (AvgIpc) is 3.20. The van der Waals surface area contributed by atoms with Crippen molar-refractivity contribution in [3.63, 3.8) is 0 Å². The highest BCUT2D eigenvalue weighted by molar-refractivity contribution is 5.94. The number of fused-ring (bicyclic) bond motifs is 1. The van der Waals surface area contributed by atoms with Gasteiger partial charge in [0.05, 0.1) is 24.0 Å². The smallest absolute Gasteiger partial charge is 0.340 e. The molecule has 0 atom stereocenters. The number of piperazine rings is 1. The van der Waals surface area contributed by atoms with E-state index in [1.165, 1.54) is 18.2 Å². The number of amides is 2. The molecular weight excluding hydrogens is 435 g/mol. The molecule has 10 heteroatoms. The van der Waals surface area contributed by atoms with Gasteiger partial charge in [0.1, 0.15) is 0 Å². The van der Waals surface area contributed by atoms with Crippen LogP contribution in [0.3, 0.4) is 0 Å². The molecule has 1 fully saturated rings. The molecule has 7 nitrogen and oxygen atoms in total. The van der Waals surface area contributed by atoms with Gasteiger partial charge in [0.25, 0.3) is 0 Å². The summed E-state index contributed by atoms with van der Waals surface area (Å²) in [5.74, 6) is -1.28. The molecule has 2 N–H and O–H groups in total. The maximum absolute atomic E-state index is 12.8. The second kappa shape index (κ2) is 9.22. The standard InChI is InChI=1S/C23H24F3N5O2/c1-15-2-4-16(5-3-15)12-21(33)31-10-8-30(9-11-31)14-20(32)27-17-6-7-18-19(13-17)29-22(28-18)23(24,25)26/h2-7,13H,8-12,14H2,1H3,(H,27,32)(H,28,29). The number of hydrogen-bond acceptors (Lipinski definition) is 4. The van der Waals surface area contributed by atoms with Crippen molar-refractivity contribution in [2.45, 2.75) is 19.5 Å². The Labute approximate surface area is 188 Å². The number of anilines is 1. The molecule has 0 bridgehead atoms. The van der Waals surface area contributed by atoms with Crippen LogP contribution in [0.5, 0.6) is 0 Å². The summed E-state index contributed by atoms with van der Waals surface area (Å²) in [4.78, 5) is 34.5. The van der Waals surface area contributed by atoms with Crippen LogP contribution in [0.1, 0.15) is 17.0 Å². The summed E-state index contributed by atoms with van der Waals surface area (Å²) >= 11 is 0. The first-order valence-electron chi connectivity index (χ1n) is 10.6. The Morgan fingerprint density at radius 3 is 2.42 bits per heavy atom. The number of alkyl halides is 3. The van der Waals surface area contributed by atoms with Gasteiger partial charge in [-0.1, -0.05) is 29.8 Å². The third-order valence-electron chi connectivity index (χ3n) is 5.60. The van der Waals surface area contributed by atoms with Crippen molar-refractivity contribution < 1.29 is 22.8 Å². The Bertz CT molecular complexity index is 1150. The molecule has 4 rings (SSSR count). The van der Waals surface area contributed by atoms with Crippen molar-refractivity contribution in [1.82, 2.24) is 19.8 Å². The van der Waals surface area contributed by atoms with Crippen LogP contribution in [0.2, 0.25) is 0 Å². The Kier molecular flexibility index (Phi) is 6.37. The number of imidazole rings is 1. The number of carbonyl (C=O) groups is 2. The van der Waals surface area contributed by atoms with Gasteiger partial charge >= 0.3 is 6.18 Å². The lowest BCUT2D eigenvalue weighted by molar-refractivity contribution is -0.144. The van der Waals surface area contributed by atoms with Gasteiger partial charge in [0.15, 0.2) is 0 Å². The van der Waals surface area contributed by atoms with Crippen molar-refractivity contribution in [2.75, 3.05) is 38.0 Å². The number of aromatic amines is 1. The van der Waals surface area contributed by atoms with Crippen LogP contribution in [0.15, 0.2) is 42.5 Å². The van der Waals surface area contributed by atoms with E-state index in [2.05, 4.69) is 15.3 Å². The summed E-state index contributed by atoms with van der Waals surface area (Å²) in [6.07, 6.45) is -4.21. The van der Waals surface area contributed by atoms with Gasteiger partial charge in [-0.05, 0) is 30.7 Å². The molecule has 3 aromatic rings. The third kappa shape index (κ3) is 5.70. The highest BCUT2D eigenvalue weighted by Gasteiger charge is 2.34. The molecule has 1 saturated heterocycles. The molecule has 2 heterocycles. The minimum absolute atomic E-state index is 0.0639. The number of hydrogen-bond donors (Lipinski definition) is 2. The first kappa shape index (κ1) is 22.8. The summed E-state index contributed by atoms with van der Waals surface area (Å²) in [5, 5.41) is 2.71. The number of H-pyrrole nitrogens is 1. The monoisotopic (exact) mass is 459 g/mol. The summed E-state index contributed by atoms with van der Waals surface area (Å²) in [6.45, 7) is 4.36. The molecule has 1 aliphatic heterocycles. The summed E-state index contributed by atoms with van der Waals surface area (Å²) in [6, 6.07) is 12.3. The van der Waals surface area contributed by atoms with Crippen molar-refractivity contribution in [3.8, 4) is 0 Å². The molecule has 1 aromatic heterocycles. The van der Waals surface area contributed by atoms with Crippen molar-refractivity contribution in [2.24, 2.45) is 0 Å². The zero-order chi connectivity index (χ0) is 23.6. The maximum atomic E-state index is 12.8. The molecule has 0 saturated carbocycles. The summed E-state index contributed by atoms with van der Waals surface area (Å²) < 4.78 is 38.4. The van der Waals surface area contributed by atoms with Gasteiger partial charge in [-0.15, -0.1) is 0 Å². The van der Waals surface area contributed by atoms with E-state index < -0.39 is 12.0 Å². The van der Waals surface area contributed by atoms with E-state index >= 15 is 0 Å². The number of halogens is 3. The van der Waals surface area contributed by atoms with Gasteiger partial charge in [0.2, 0.25) is 17.6 Å². The zero-order valence-corrected chi connectivity index (χ0v) is 18.1. The summed E-state index contributed by atoms with van der Waals surface area (Å²) in [7, 11) is 0. The van der Waals surface area contributed by atoms with E-state index in [0.717, 1.165) is 11.1 Å². The highest BCUT2D eigenvalue weighted by atomic mass is 19.4. The lowest BCUT2D eigenvalue weighted by Crippen LogP contribution is -2.50.